The lowest BCUT2D eigenvalue weighted by Crippen LogP contribution is -2.47. The molecule has 0 amide bonds. The third kappa shape index (κ3) is 5.81. The lowest BCUT2D eigenvalue weighted by Gasteiger charge is -2.31. The fourth-order valence-corrected chi connectivity index (χ4v) is 3.86. The molecule has 158 valence electrons. The molecule has 0 aliphatic carbocycles. The van der Waals surface area contributed by atoms with Crippen molar-refractivity contribution in [1.29, 1.82) is 0 Å². The van der Waals surface area contributed by atoms with E-state index in [0.29, 0.717) is 41.8 Å². The summed E-state index contributed by atoms with van der Waals surface area (Å²) < 4.78 is 74.9. The Morgan fingerprint density at radius 1 is 1.21 bits per heavy atom. The van der Waals surface area contributed by atoms with Gasteiger partial charge >= 0.3 is 15.5 Å². The number of sulfonamides is 1. The van der Waals surface area contributed by atoms with Crippen LogP contribution in [0.3, 0.4) is 0 Å². The number of benzene rings is 1. The summed E-state index contributed by atoms with van der Waals surface area (Å²) in [5, 5.41) is 6.12. The molecule has 0 atom stereocenters. The van der Waals surface area contributed by atoms with Gasteiger partial charge in [-0.3, -0.25) is 0 Å². The second kappa shape index (κ2) is 9.55. The zero-order valence-corrected chi connectivity index (χ0v) is 16.3. The Morgan fingerprint density at radius 2 is 1.86 bits per heavy atom. The molecule has 0 radical (unpaired) electrons. The molecule has 1 fully saturated rings. The van der Waals surface area contributed by atoms with Gasteiger partial charge in [0.15, 0.2) is 5.96 Å². The van der Waals surface area contributed by atoms with Gasteiger partial charge in [0.1, 0.15) is 5.82 Å². The van der Waals surface area contributed by atoms with E-state index < -0.39 is 15.5 Å². The summed E-state index contributed by atoms with van der Waals surface area (Å²) in [4.78, 5) is 4.31. The maximum absolute atomic E-state index is 13.7. The molecular weight excluding hydrogens is 400 g/mol. The molecule has 1 aromatic rings. The van der Waals surface area contributed by atoms with Crippen LogP contribution in [0.2, 0.25) is 0 Å². The van der Waals surface area contributed by atoms with Crippen LogP contribution in [0.5, 0.6) is 0 Å². The average molecular weight is 424 g/mol. The van der Waals surface area contributed by atoms with Crippen LogP contribution in [0.1, 0.15) is 25.3 Å². The monoisotopic (exact) mass is 424 g/mol. The van der Waals surface area contributed by atoms with Gasteiger partial charge < -0.3 is 10.6 Å². The highest BCUT2D eigenvalue weighted by Crippen LogP contribution is 2.30. The zero-order valence-electron chi connectivity index (χ0n) is 15.5. The van der Waals surface area contributed by atoms with E-state index in [4.69, 9.17) is 0 Å². The molecule has 1 saturated heterocycles. The molecule has 1 aliphatic heterocycles. The van der Waals surface area contributed by atoms with Crippen LogP contribution in [0, 0.1) is 11.7 Å². The lowest BCUT2D eigenvalue weighted by molar-refractivity contribution is -0.0496. The van der Waals surface area contributed by atoms with E-state index in [9.17, 15) is 26.0 Å². The molecule has 0 aromatic heterocycles. The van der Waals surface area contributed by atoms with Gasteiger partial charge in [-0.25, -0.2) is 17.8 Å². The number of aliphatic imine (C=N–C) groups is 1. The van der Waals surface area contributed by atoms with Gasteiger partial charge in [-0.2, -0.15) is 17.5 Å². The van der Waals surface area contributed by atoms with Crippen molar-refractivity contribution in [3.63, 3.8) is 0 Å². The number of rotatable bonds is 6. The summed E-state index contributed by atoms with van der Waals surface area (Å²) in [5.41, 5.74) is -4.82. The van der Waals surface area contributed by atoms with E-state index >= 15 is 0 Å². The molecule has 0 unspecified atom stereocenters. The molecule has 0 bridgehead atoms. The van der Waals surface area contributed by atoms with E-state index in [-0.39, 0.29) is 31.4 Å². The molecule has 6 nitrogen and oxygen atoms in total. The predicted molar refractivity (Wildman–Crippen MR) is 98.5 cm³/mol. The Hall–Kier alpha value is -1.88. The second-order valence-electron chi connectivity index (χ2n) is 6.46. The molecule has 11 heteroatoms. The normalized spacial score (nSPS) is 17.5. The molecule has 0 saturated carbocycles. The van der Waals surface area contributed by atoms with Gasteiger partial charge in [0.2, 0.25) is 0 Å². The molecule has 1 heterocycles. The standard InChI is InChI=1S/C17H24F4N4O2S/c1-2-22-16(24-12-14-5-3-4-6-15(14)18)23-11-13-7-9-25(10-8-13)28(26,27)17(19,20)21/h3-6,13H,2,7-12H2,1H3,(H2,22,23,24). The van der Waals surface area contributed by atoms with Crippen molar-refractivity contribution in [1.82, 2.24) is 14.9 Å². The highest BCUT2D eigenvalue weighted by molar-refractivity contribution is 7.90. The van der Waals surface area contributed by atoms with E-state index in [2.05, 4.69) is 15.6 Å². The predicted octanol–water partition coefficient (Wildman–Crippen LogP) is 2.44. The fourth-order valence-electron chi connectivity index (χ4n) is 2.87. The Morgan fingerprint density at radius 3 is 2.43 bits per heavy atom. The molecule has 28 heavy (non-hydrogen) atoms. The van der Waals surface area contributed by atoms with Crippen molar-refractivity contribution >= 4 is 16.0 Å². The van der Waals surface area contributed by atoms with Crippen molar-refractivity contribution in [2.75, 3.05) is 26.2 Å². The van der Waals surface area contributed by atoms with Crippen LogP contribution in [0.15, 0.2) is 29.3 Å². The number of nitrogens with one attached hydrogen (secondary N) is 2. The SMILES string of the molecule is CCNC(=NCc1ccccc1F)NCC1CCN(S(=O)(=O)C(F)(F)F)CC1. The number of alkyl halides is 3. The number of halogens is 4. The first-order valence-electron chi connectivity index (χ1n) is 8.97. The van der Waals surface area contributed by atoms with Gasteiger partial charge in [-0.1, -0.05) is 18.2 Å². The maximum atomic E-state index is 13.7. The highest BCUT2D eigenvalue weighted by Gasteiger charge is 2.50. The third-order valence-electron chi connectivity index (χ3n) is 4.47. The maximum Gasteiger partial charge on any atom is 0.511 e. The smallest absolute Gasteiger partial charge is 0.357 e. The van der Waals surface area contributed by atoms with Crippen LogP contribution < -0.4 is 10.6 Å². The van der Waals surface area contributed by atoms with Gasteiger partial charge in [-0.05, 0) is 31.7 Å². The van der Waals surface area contributed by atoms with Crippen molar-refractivity contribution in [2.45, 2.75) is 31.8 Å². The quantitative estimate of drug-likeness (QED) is 0.418. The van der Waals surface area contributed by atoms with E-state index in [0.717, 1.165) is 0 Å². The summed E-state index contributed by atoms with van der Waals surface area (Å²) in [6.07, 6.45) is 0.629. The van der Waals surface area contributed by atoms with Crippen LogP contribution in [0.4, 0.5) is 17.6 Å². The molecule has 2 rings (SSSR count). The number of nitrogens with zero attached hydrogens (tertiary/aromatic N) is 2. The molecule has 1 aliphatic rings. The molecular formula is C17H24F4N4O2S. The number of hydrogen-bond acceptors (Lipinski definition) is 3. The van der Waals surface area contributed by atoms with Crippen LogP contribution >= 0.6 is 0 Å². The van der Waals surface area contributed by atoms with Gasteiger partial charge in [-0.15, -0.1) is 0 Å². The van der Waals surface area contributed by atoms with Crippen molar-refractivity contribution in [3.8, 4) is 0 Å². The zero-order chi connectivity index (χ0) is 20.8. The number of guanidine groups is 1. The molecule has 0 spiro atoms. The Kier molecular flexibility index (Phi) is 7.64. The van der Waals surface area contributed by atoms with Gasteiger partial charge in [0, 0.05) is 31.7 Å². The Bertz CT molecular complexity index is 776. The summed E-state index contributed by atoms with van der Waals surface area (Å²) in [7, 11) is -5.26. The van der Waals surface area contributed by atoms with Crippen molar-refractivity contribution < 1.29 is 26.0 Å². The number of piperidine rings is 1. The van der Waals surface area contributed by atoms with E-state index in [1.165, 1.54) is 6.07 Å². The van der Waals surface area contributed by atoms with Crippen LogP contribution in [0.25, 0.3) is 0 Å². The summed E-state index contributed by atoms with van der Waals surface area (Å²) in [6.45, 7) is 2.70. The minimum atomic E-state index is -5.27. The first kappa shape index (κ1) is 22.4. The second-order valence-corrected chi connectivity index (χ2v) is 8.39. The fraction of sp³-hybridized carbons (Fsp3) is 0.588. The van der Waals surface area contributed by atoms with Gasteiger partial charge in [0.05, 0.1) is 6.54 Å². The van der Waals surface area contributed by atoms with Gasteiger partial charge in [0.25, 0.3) is 0 Å². The third-order valence-corrected chi connectivity index (χ3v) is 6.10. The molecule has 2 N–H and O–H groups in total. The Labute approximate surface area is 162 Å². The van der Waals surface area contributed by atoms with Crippen molar-refractivity contribution in [3.05, 3.63) is 35.6 Å². The molecule has 1 aromatic carbocycles. The Balaban J connectivity index is 1.88. The van der Waals surface area contributed by atoms with Crippen LogP contribution in [-0.2, 0) is 16.6 Å². The van der Waals surface area contributed by atoms with E-state index in [1.54, 1.807) is 18.2 Å². The van der Waals surface area contributed by atoms with E-state index in [1.807, 2.05) is 6.92 Å². The number of hydrogen-bond donors (Lipinski definition) is 2. The van der Waals surface area contributed by atoms with Crippen LogP contribution in [-0.4, -0.2) is 50.4 Å². The summed E-state index contributed by atoms with van der Waals surface area (Å²) in [6, 6.07) is 6.31. The highest BCUT2D eigenvalue weighted by atomic mass is 32.2. The minimum absolute atomic E-state index is 0.0111. The minimum Gasteiger partial charge on any atom is -0.357 e. The van der Waals surface area contributed by atoms with Crippen molar-refractivity contribution in [2.24, 2.45) is 10.9 Å². The first-order chi connectivity index (χ1) is 13.1. The largest absolute Gasteiger partial charge is 0.511 e. The first-order valence-corrected chi connectivity index (χ1v) is 10.4. The average Bonchev–Trinajstić information content (AvgIpc) is 2.64. The summed E-state index contributed by atoms with van der Waals surface area (Å²) >= 11 is 0. The summed E-state index contributed by atoms with van der Waals surface area (Å²) in [5.74, 6) is 0.133. The lowest BCUT2D eigenvalue weighted by atomic mass is 9.98. The topological polar surface area (TPSA) is 73.8 Å².